The molecule has 1 heterocycles. The van der Waals surface area contributed by atoms with Crippen LogP contribution in [0.1, 0.15) is 17.7 Å². The molecule has 0 spiro atoms. The fourth-order valence-corrected chi connectivity index (χ4v) is 1.39. The van der Waals surface area contributed by atoms with Crippen molar-refractivity contribution in [3.63, 3.8) is 0 Å². The molecule has 0 bridgehead atoms. The number of hydrogen-bond donors (Lipinski definition) is 1. The molecule has 1 aliphatic carbocycles. The third kappa shape index (κ3) is 0.746. The largest absolute Gasteiger partial charge is 0.384 e. The number of aromatic nitrogens is 2. The van der Waals surface area contributed by atoms with Gasteiger partial charge < -0.3 is 5.11 Å². The van der Waals surface area contributed by atoms with Gasteiger partial charge in [0.25, 0.3) is 0 Å². The first-order valence-electron chi connectivity index (χ1n) is 2.81. The van der Waals surface area contributed by atoms with Crippen molar-refractivity contribution in [2.24, 2.45) is 0 Å². The van der Waals surface area contributed by atoms with Crippen LogP contribution in [0.15, 0.2) is 6.20 Å². The summed E-state index contributed by atoms with van der Waals surface area (Å²) in [6.45, 7) is 0. The van der Waals surface area contributed by atoms with Crippen LogP contribution in [0.25, 0.3) is 0 Å². The highest BCUT2D eigenvalue weighted by molar-refractivity contribution is 7.05. The lowest BCUT2D eigenvalue weighted by atomic mass is 10.3. The van der Waals surface area contributed by atoms with E-state index in [-0.39, 0.29) is 0 Å². The highest BCUT2D eigenvalue weighted by atomic mass is 32.1. The Morgan fingerprint density at radius 2 is 2.44 bits per heavy atom. The SMILES string of the molecule is OC1(c2cnns2)CC1. The number of hydrogen-bond acceptors (Lipinski definition) is 4. The van der Waals surface area contributed by atoms with Gasteiger partial charge in [-0.3, -0.25) is 0 Å². The minimum Gasteiger partial charge on any atom is -0.384 e. The van der Waals surface area contributed by atoms with Gasteiger partial charge in [0.2, 0.25) is 0 Å². The van der Waals surface area contributed by atoms with Crippen molar-refractivity contribution in [2.45, 2.75) is 18.4 Å². The van der Waals surface area contributed by atoms with E-state index in [9.17, 15) is 5.11 Å². The lowest BCUT2D eigenvalue weighted by Gasteiger charge is -1.97. The molecule has 9 heavy (non-hydrogen) atoms. The summed E-state index contributed by atoms with van der Waals surface area (Å²) in [5.74, 6) is 0. The monoisotopic (exact) mass is 142 g/mol. The third-order valence-corrected chi connectivity index (χ3v) is 2.40. The Labute approximate surface area is 56.5 Å². The zero-order valence-electron chi connectivity index (χ0n) is 4.74. The molecule has 1 fully saturated rings. The molecule has 0 amide bonds. The van der Waals surface area contributed by atoms with E-state index in [1.165, 1.54) is 11.5 Å². The van der Waals surface area contributed by atoms with E-state index < -0.39 is 5.60 Å². The van der Waals surface area contributed by atoms with E-state index in [0.717, 1.165) is 17.7 Å². The van der Waals surface area contributed by atoms with Crippen molar-refractivity contribution >= 4 is 11.5 Å². The summed E-state index contributed by atoms with van der Waals surface area (Å²) in [7, 11) is 0. The van der Waals surface area contributed by atoms with Crippen LogP contribution in [-0.4, -0.2) is 14.7 Å². The maximum absolute atomic E-state index is 9.42. The first-order valence-corrected chi connectivity index (χ1v) is 3.59. The van der Waals surface area contributed by atoms with E-state index in [1.54, 1.807) is 6.20 Å². The highest BCUT2D eigenvalue weighted by Gasteiger charge is 2.43. The molecule has 0 saturated heterocycles. The topological polar surface area (TPSA) is 46.0 Å². The van der Waals surface area contributed by atoms with Crippen molar-refractivity contribution in [2.75, 3.05) is 0 Å². The fraction of sp³-hybridized carbons (Fsp3) is 0.600. The maximum Gasteiger partial charge on any atom is 0.102 e. The smallest absolute Gasteiger partial charge is 0.102 e. The Kier molecular flexibility index (Phi) is 0.896. The van der Waals surface area contributed by atoms with Crippen LogP contribution >= 0.6 is 11.5 Å². The summed E-state index contributed by atoms with van der Waals surface area (Å²) in [5, 5.41) is 13.1. The predicted octanol–water partition coefficient (Wildman–Crippen LogP) is 0.520. The summed E-state index contributed by atoms with van der Waals surface area (Å²) >= 11 is 1.28. The van der Waals surface area contributed by atoms with E-state index in [4.69, 9.17) is 0 Å². The molecule has 1 aromatic rings. The number of nitrogens with zero attached hydrogens (tertiary/aromatic N) is 2. The van der Waals surface area contributed by atoms with Crippen LogP contribution in [0.5, 0.6) is 0 Å². The van der Waals surface area contributed by atoms with E-state index >= 15 is 0 Å². The van der Waals surface area contributed by atoms with Gasteiger partial charge in [-0.25, -0.2) is 0 Å². The summed E-state index contributed by atoms with van der Waals surface area (Å²) in [5.41, 5.74) is -0.534. The van der Waals surface area contributed by atoms with Crippen LogP contribution in [0.3, 0.4) is 0 Å². The molecule has 0 unspecified atom stereocenters. The standard InChI is InChI=1S/C5H6N2OS/c8-5(1-2-5)4-3-6-7-9-4/h3,8H,1-2H2. The average Bonchev–Trinajstić information content (AvgIpc) is 2.46. The van der Waals surface area contributed by atoms with Crippen LogP contribution in [-0.2, 0) is 5.60 Å². The van der Waals surface area contributed by atoms with Gasteiger partial charge in [-0.15, -0.1) is 5.10 Å². The zero-order valence-corrected chi connectivity index (χ0v) is 5.56. The Balaban J connectivity index is 2.34. The minimum atomic E-state index is -0.534. The number of rotatable bonds is 1. The van der Waals surface area contributed by atoms with Gasteiger partial charge in [-0.05, 0) is 24.4 Å². The van der Waals surface area contributed by atoms with E-state index in [2.05, 4.69) is 9.59 Å². The molecule has 0 aliphatic heterocycles. The van der Waals surface area contributed by atoms with Crippen molar-refractivity contribution in [1.29, 1.82) is 0 Å². The fourth-order valence-electron chi connectivity index (χ4n) is 0.737. The average molecular weight is 142 g/mol. The van der Waals surface area contributed by atoms with Gasteiger partial charge in [0, 0.05) is 0 Å². The summed E-state index contributed by atoms with van der Waals surface area (Å²) in [6.07, 6.45) is 3.38. The quantitative estimate of drug-likeness (QED) is 0.621. The minimum absolute atomic E-state index is 0.534. The predicted molar refractivity (Wildman–Crippen MR) is 33.0 cm³/mol. The van der Waals surface area contributed by atoms with Gasteiger partial charge in [-0.1, -0.05) is 4.49 Å². The zero-order chi connectivity index (χ0) is 6.32. The van der Waals surface area contributed by atoms with Gasteiger partial charge in [0.15, 0.2) is 0 Å². The van der Waals surface area contributed by atoms with Crippen molar-refractivity contribution in [3.8, 4) is 0 Å². The molecule has 1 saturated carbocycles. The summed E-state index contributed by atoms with van der Waals surface area (Å²) in [4.78, 5) is 0.905. The van der Waals surface area contributed by atoms with Gasteiger partial charge in [-0.2, -0.15) is 0 Å². The Morgan fingerprint density at radius 3 is 2.89 bits per heavy atom. The van der Waals surface area contributed by atoms with Crippen LogP contribution in [0.2, 0.25) is 0 Å². The lowest BCUT2D eigenvalue weighted by Crippen LogP contribution is -1.99. The van der Waals surface area contributed by atoms with E-state index in [1.807, 2.05) is 0 Å². The van der Waals surface area contributed by atoms with Gasteiger partial charge in [0.1, 0.15) is 5.60 Å². The lowest BCUT2D eigenvalue weighted by molar-refractivity contribution is 0.155. The normalized spacial score (nSPS) is 21.9. The van der Waals surface area contributed by atoms with Crippen molar-refractivity contribution < 1.29 is 5.11 Å². The van der Waals surface area contributed by atoms with Crippen LogP contribution < -0.4 is 0 Å². The van der Waals surface area contributed by atoms with Gasteiger partial charge in [0.05, 0.1) is 11.1 Å². The highest BCUT2D eigenvalue weighted by Crippen LogP contribution is 2.46. The third-order valence-electron chi connectivity index (χ3n) is 1.54. The Morgan fingerprint density at radius 1 is 1.67 bits per heavy atom. The molecule has 2 rings (SSSR count). The van der Waals surface area contributed by atoms with E-state index in [0.29, 0.717) is 0 Å². The molecule has 0 aromatic carbocycles. The molecular weight excluding hydrogens is 136 g/mol. The maximum atomic E-state index is 9.42. The van der Waals surface area contributed by atoms with Crippen LogP contribution in [0.4, 0.5) is 0 Å². The number of aliphatic hydroxyl groups is 1. The molecular formula is C5H6N2OS. The van der Waals surface area contributed by atoms with Crippen molar-refractivity contribution in [3.05, 3.63) is 11.1 Å². The Bertz CT molecular complexity index is 205. The molecule has 1 N–H and O–H groups in total. The molecule has 3 nitrogen and oxygen atoms in total. The summed E-state index contributed by atoms with van der Waals surface area (Å²) in [6, 6.07) is 0. The first kappa shape index (κ1) is 5.32. The van der Waals surface area contributed by atoms with Crippen LogP contribution in [0, 0.1) is 0 Å². The summed E-state index contributed by atoms with van der Waals surface area (Å²) < 4.78 is 3.66. The first-order chi connectivity index (χ1) is 4.31. The Hall–Kier alpha value is -0.480. The molecule has 48 valence electrons. The second-order valence-corrected chi connectivity index (χ2v) is 3.10. The van der Waals surface area contributed by atoms with Gasteiger partial charge >= 0.3 is 0 Å². The molecule has 0 radical (unpaired) electrons. The second kappa shape index (κ2) is 1.52. The molecule has 4 heteroatoms. The van der Waals surface area contributed by atoms with Crippen molar-refractivity contribution in [1.82, 2.24) is 9.59 Å². The molecule has 1 aromatic heterocycles. The molecule has 1 aliphatic rings. The molecule has 0 atom stereocenters. The second-order valence-electron chi connectivity index (χ2n) is 2.31.